The summed E-state index contributed by atoms with van der Waals surface area (Å²) in [5.41, 5.74) is 2.64. The van der Waals surface area contributed by atoms with Crippen molar-refractivity contribution in [1.29, 1.82) is 0 Å². The molecular weight excluding hydrogens is 218 g/mol. The zero-order valence-electron chi connectivity index (χ0n) is 9.53. The third kappa shape index (κ3) is 2.79. The Bertz CT molecular complexity index is 448. The molecule has 4 heteroatoms. The highest BCUT2D eigenvalue weighted by Crippen LogP contribution is 2.12. The van der Waals surface area contributed by atoms with Gasteiger partial charge in [0.1, 0.15) is 5.82 Å². The van der Waals surface area contributed by atoms with Gasteiger partial charge in [0.05, 0.1) is 0 Å². The van der Waals surface area contributed by atoms with Gasteiger partial charge in [-0.05, 0) is 24.5 Å². The smallest absolute Gasteiger partial charge is 0.202 e. The summed E-state index contributed by atoms with van der Waals surface area (Å²) in [4.78, 5) is 4.26. The van der Waals surface area contributed by atoms with Gasteiger partial charge in [-0.15, -0.1) is 0 Å². The van der Waals surface area contributed by atoms with Crippen LogP contribution in [0.2, 0.25) is 0 Å². The first-order valence-electron chi connectivity index (χ1n) is 5.40. The Labute approximate surface area is 99.7 Å². The van der Waals surface area contributed by atoms with Crippen LogP contribution in [0.5, 0.6) is 0 Å². The van der Waals surface area contributed by atoms with E-state index in [0.29, 0.717) is 0 Å². The van der Waals surface area contributed by atoms with Crippen molar-refractivity contribution in [1.82, 2.24) is 9.36 Å². The van der Waals surface area contributed by atoms with Crippen molar-refractivity contribution in [3.63, 3.8) is 0 Å². The monoisotopic (exact) mass is 233 g/mol. The van der Waals surface area contributed by atoms with Crippen LogP contribution in [0.4, 0.5) is 5.13 Å². The average Bonchev–Trinajstić information content (AvgIpc) is 2.73. The van der Waals surface area contributed by atoms with Gasteiger partial charge in [-0.2, -0.15) is 4.37 Å². The topological polar surface area (TPSA) is 37.8 Å². The number of benzene rings is 1. The van der Waals surface area contributed by atoms with Crippen molar-refractivity contribution >= 4 is 16.7 Å². The van der Waals surface area contributed by atoms with Gasteiger partial charge in [0.2, 0.25) is 5.13 Å². The summed E-state index contributed by atoms with van der Waals surface area (Å²) in [6.45, 7) is 4.87. The summed E-state index contributed by atoms with van der Waals surface area (Å²) in [5, 5.41) is 4.15. The van der Waals surface area contributed by atoms with E-state index in [-0.39, 0.29) is 0 Å². The fourth-order valence-corrected chi connectivity index (χ4v) is 2.01. The molecule has 2 rings (SSSR count). The molecule has 0 saturated heterocycles. The number of rotatable bonds is 4. The van der Waals surface area contributed by atoms with Crippen LogP contribution in [0.25, 0.3) is 0 Å². The minimum Gasteiger partial charge on any atom is -0.356 e. The summed E-state index contributed by atoms with van der Waals surface area (Å²) in [5.74, 6) is 0.828. The third-order valence-corrected chi connectivity index (χ3v) is 3.17. The Morgan fingerprint density at radius 1 is 1.19 bits per heavy atom. The van der Waals surface area contributed by atoms with E-state index in [2.05, 4.69) is 45.9 Å². The molecule has 0 spiro atoms. The number of nitrogens with one attached hydrogen (secondary N) is 1. The highest BCUT2D eigenvalue weighted by atomic mass is 32.1. The van der Waals surface area contributed by atoms with Gasteiger partial charge in [0.25, 0.3) is 0 Å². The summed E-state index contributed by atoms with van der Waals surface area (Å²) < 4.78 is 4.12. The molecule has 0 bridgehead atoms. The standard InChI is InChI=1S/C12H15N3S/c1-3-10-4-6-11(7-5-10)8-13-12-14-9(2)15-16-12/h4-7H,3,8H2,1-2H3,(H,13,14,15). The minimum absolute atomic E-state index is 0.804. The van der Waals surface area contributed by atoms with E-state index in [1.165, 1.54) is 22.7 Å². The highest BCUT2D eigenvalue weighted by Gasteiger charge is 1.99. The molecule has 0 aliphatic carbocycles. The van der Waals surface area contributed by atoms with E-state index in [0.717, 1.165) is 23.9 Å². The second-order valence-electron chi connectivity index (χ2n) is 3.67. The lowest BCUT2D eigenvalue weighted by Crippen LogP contribution is -1.98. The lowest BCUT2D eigenvalue weighted by Gasteiger charge is -2.03. The molecule has 0 saturated carbocycles. The number of aromatic nitrogens is 2. The SMILES string of the molecule is CCc1ccc(CNc2nc(C)ns2)cc1. The normalized spacial score (nSPS) is 10.4. The van der Waals surface area contributed by atoms with Crippen molar-refractivity contribution < 1.29 is 0 Å². The van der Waals surface area contributed by atoms with Crippen LogP contribution in [0.3, 0.4) is 0 Å². The molecule has 0 amide bonds. The second kappa shape index (κ2) is 5.07. The predicted octanol–water partition coefficient (Wildman–Crippen LogP) is 3.02. The molecule has 2 aromatic rings. The number of hydrogen-bond donors (Lipinski definition) is 1. The lowest BCUT2D eigenvalue weighted by molar-refractivity contribution is 1.09. The molecule has 0 atom stereocenters. The Balaban J connectivity index is 1.94. The Hall–Kier alpha value is -1.42. The first-order valence-corrected chi connectivity index (χ1v) is 6.17. The van der Waals surface area contributed by atoms with E-state index in [1.54, 1.807) is 0 Å². The zero-order valence-corrected chi connectivity index (χ0v) is 10.3. The van der Waals surface area contributed by atoms with Gasteiger partial charge in [0, 0.05) is 18.1 Å². The van der Waals surface area contributed by atoms with Gasteiger partial charge >= 0.3 is 0 Å². The zero-order chi connectivity index (χ0) is 11.4. The molecule has 0 radical (unpaired) electrons. The average molecular weight is 233 g/mol. The molecule has 0 fully saturated rings. The summed E-state index contributed by atoms with van der Waals surface area (Å²) >= 11 is 1.40. The van der Waals surface area contributed by atoms with Gasteiger partial charge in [-0.1, -0.05) is 31.2 Å². The Kier molecular flexibility index (Phi) is 3.51. The highest BCUT2D eigenvalue weighted by molar-refractivity contribution is 7.09. The fraction of sp³-hybridized carbons (Fsp3) is 0.333. The van der Waals surface area contributed by atoms with Gasteiger partial charge < -0.3 is 5.32 Å². The van der Waals surface area contributed by atoms with E-state index < -0.39 is 0 Å². The molecule has 84 valence electrons. The molecule has 1 heterocycles. The maximum absolute atomic E-state index is 4.26. The molecule has 1 N–H and O–H groups in total. The van der Waals surface area contributed by atoms with Crippen LogP contribution < -0.4 is 5.32 Å². The van der Waals surface area contributed by atoms with Crippen LogP contribution in [0, 0.1) is 6.92 Å². The molecule has 0 aliphatic rings. The number of anilines is 1. The van der Waals surface area contributed by atoms with Crippen LogP contribution in [-0.2, 0) is 13.0 Å². The van der Waals surface area contributed by atoms with Crippen molar-refractivity contribution in [3.05, 3.63) is 41.2 Å². The molecule has 16 heavy (non-hydrogen) atoms. The fourth-order valence-electron chi connectivity index (χ4n) is 1.44. The lowest BCUT2D eigenvalue weighted by atomic mass is 10.1. The first kappa shape index (κ1) is 11.1. The van der Waals surface area contributed by atoms with Crippen molar-refractivity contribution in [2.75, 3.05) is 5.32 Å². The molecule has 1 aromatic carbocycles. The van der Waals surface area contributed by atoms with Crippen molar-refractivity contribution in [2.24, 2.45) is 0 Å². The van der Waals surface area contributed by atoms with Crippen LogP contribution in [0.1, 0.15) is 23.9 Å². The maximum atomic E-state index is 4.26. The third-order valence-electron chi connectivity index (χ3n) is 2.40. The predicted molar refractivity (Wildman–Crippen MR) is 67.8 cm³/mol. The number of aryl methyl sites for hydroxylation is 2. The number of hydrogen-bond acceptors (Lipinski definition) is 4. The largest absolute Gasteiger partial charge is 0.356 e. The van der Waals surface area contributed by atoms with Gasteiger partial charge in [-0.3, -0.25) is 0 Å². The molecular formula is C12H15N3S. The van der Waals surface area contributed by atoms with Crippen LogP contribution in [-0.4, -0.2) is 9.36 Å². The van der Waals surface area contributed by atoms with Crippen LogP contribution >= 0.6 is 11.5 Å². The first-order chi connectivity index (χ1) is 7.78. The van der Waals surface area contributed by atoms with E-state index >= 15 is 0 Å². The molecule has 3 nitrogen and oxygen atoms in total. The van der Waals surface area contributed by atoms with E-state index in [4.69, 9.17) is 0 Å². The maximum Gasteiger partial charge on any atom is 0.202 e. The van der Waals surface area contributed by atoms with E-state index in [1.807, 2.05) is 6.92 Å². The second-order valence-corrected chi connectivity index (χ2v) is 4.42. The molecule has 0 unspecified atom stereocenters. The van der Waals surface area contributed by atoms with Crippen molar-refractivity contribution in [2.45, 2.75) is 26.8 Å². The Morgan fingerprint density at radius 3 is 2.44 bits per heavy atom. The summed E-state index contributed by atoms with van der Waals surface area (Å²) in [6, 6.07) is 8.64. The minimum atomic E-state index is 0.804. The molecule has 0 aliphatic heterocycles. The van der Waals surface area contributed by atoms with Crippen LogP contribution in [0.15, 0.2) is 24.3 Å². The van der Waals surface area contributed by atoms with Gasteiger partial charge in [-0.25, -0.2) is 4.98 Å². The summed E-state index contributed by atoms with van der Waals surface area (Å²) in [7, 11) is 0. The number of nitrogens with zero attached hydrogens (tertiary/aromatic N) is 2. The summed E-state index contributed by atoms with van der Waals surface area (Å²) in [6.07, 6.45) is 1.09. The van der Waals surface area contributed by atoms with Gasteiger partial charge in [0.15, 0.2) is 0 Å². The quantitative estimate of drug-likeness (QED) is 0.882. The van der Waals surface area contributed by atoms with Crippen molar-refractivity contribution in [3.8, 4) is 0 Å². The van der Waals surface area contributed by atoms with E-state index in [9.17, 15) is 0 Å². The Morgan fingerprint density at radius 2 is 1.88 bits per heavy atom. The molecule has 1 aromatic heterocycles.